The average molecular weight is 282 g/mol. The maximum atomic E-state index is 11.2. The summed E-state index contributed by atoms with van der Waals surface area (Å²) < 4.78 is 6.44. The summed E-state index contributed by atoms with van der Waals surface area (Å²) in [5.41, 5.74) is -0.423. The minimum Gasteiger partial charge on any atom is -0.481 e. The molecule has 0 radical (unpaired) electrons. The third-order valence-electron chi connectivity index (χ3n) is 2.05. The number of rotatable bonds is 5. The van der Waals surface area contributed by atoms with Crippen molar-refractivity contribution in [1.82, 2.24) is 19.7 Å². The molecule has 0 amide bonds. The van der Waals surface area contributed by atoms with Crippen molar-refractivity contribution in [1.29, 1.82) is 0 Å². The summed E-state index contributed by atoms with van der Waals surface area (Å²) >= 11 is 0.962. The first-order valence-electron chi connectivity index (χ1n) is 5.26. The van der Waals surface area contributed by atoms with Crippen molar-refractivity contribution in [3.8, 4) is 0 Å². The zero-order valence-electron chi connectivity index (χ0n) is 9.94. The Morgan fingerprint density at radius 2 is 2.32 bits per heavy atom. The average Bonchev–Trinajstić information content (AvgIpc) is 2.75. The molecule has 1 N–H and O–H groups in total. The first-order chi connectivity index (χ1) is 9.04. The molecule has 2 aromatic heterocycles. The van der Waals surface area contributed by atoms with Crippen LogP contribution in [0.1, 0.15) is 11.7 Å². The van der Waals surface area contributed by atoms with E-state index in [1.807, 2.05) is 0 Å². The highest BCUT2D eigenvalue weighted by atomic mass is 32.2. The fourth-order valence-corrected chi connectivity index (χ4v) is 2.03. The Morgan fingerprint density at radius 1 is 1.53 bits per heavy atom. The van der Waals surface area contributed by atoms with Gasteiger partial charge in [-0.2, -0.15) is 9.97 Å². The van der Waals surface area contributed by atoms with Crippen molar-refractivity contribution >= 4 is 17.7 Å². The van der Waals surface area contributed by atoms with E-state index in [9.17, 15) is 9.59 Å². The zero-order valence-corrected chi connectivity index (χ0v) is 10.8. The molecule has 0 aliphatic carbocycles. The summed E-state index contributed by atoms with van der Waals surface area (Å²) in [5.74, 6) is -0.296. The Hall–Kier alpha value is -2.16. The number of aliphatic carboxylic acids is 1. The van der Waals surface area contributed by atoms with Crippen LogP contribution in [0.3, 0.4) is 0 Å². The minimum atomic E-state index is -0.981. The number of hydrogen-bond acceptors (Lipinski definition) is 7. The first kappa shape index (κ1) is 13.3. The molecule has 0 unspecified atom stereocenters. The third-order valence-corrected chi connectivity index (χ3v) is 3.03. The van der Waals surface area contributed by atoms with Gasteiger partial charge in [-0.3, -0.25) is 9.59 Å². The second-order valence-corrected chi connectivity index (χ2v) is 4.53. The molecule has 100 valence electrons. The number of nitrogens with zero attached hydrogens (tertiary/aromatic N) is 4. The van der Waals surface area contributed by atoms with Crippen LogP contribution in [0.15, 0.2) is 26.7 Å². The molecule has 0 fully saturated rings. The third kappa shape index (κ3) is 3.65. The zero-order chi connectivity index (χ0) is 13.8. The monoisotopic (exact) mass is 282 g/mol. The van der Waals surface area contributed by atoms with E-state index >= 15 is 0 Å². The molecule has 0 aliphatic rings. The highest BCUT2D eigenvalue weighted by Crippen LogP contribution is 2.14. The van der Waals surface area contributed by atoms with E-state index in [1.165, 1.54) is 12.3 Å². The molecule has 2 aromatic rings. The van der Waals surface area contributed by atoms with Crippen molar-refractivity contribution in [2.75, 3.05) is 5.75 Å². The maximum absolute atomic E-state index is 11.2. The number of carboxylic acid groups (broad SMARTS) is 1. The normalized spacial score (nSPS) is 10.6. The Labute approximate surface area is 111 Å². The van der Waals surface area contributed by atoms with Gasteiger partial charge in [0.15, 0.2) is 11.0 Å². The molecular weight excluding hydrogens is 272 g/mol. The van der Waals surface area contributed by atoms with Gasteiger partial charge in [0.25, 0.3) is 5.56 Å². The largest absolute Gasteiger partial charge is 0.481 e. The number of thioether (sulfide) groups is 1. The molecule has 0 spiro atoms. The minimum absolute atomic E-state index is 0.179. The molecule has 8 nitrogen and oxygen atoms in total. The van der Waals surface area contributed by atoms with Gasteiger partial charge in [0.1, 0.15) is 0 Å². The number of aryl methyl sites for hydroxylation is 1. The Kier molecular flexibility index (Phi) is 3.95. The number of carbonyl (C=O) groups is 1. The summed E-state index contributed by atoms with van der Waals surface area (Å²) in [7, 11) is 0. The van der Waals surface area contributed by atoms with Crippen LogP contribution in [0, 0.1) is 6.92 Å². The fourth-order valence-electron chi connectivity index (χ4n) is 1.33. The van der Waals surface area contributed by atoms with E-state index < -0.39 is 11.5 Å². The molecule has 0 saturated carbocycles. The molecule has 0 aromatic carbocycles. The molecule has 0 atom stereocenters. The maximum Gasteiger partial charge on any atom is 0.313 e. The number of hydrogen-bond donors (Lipinski definition) is 1. The predicted octanol–water partition coefficient (Wildman–Crippen LogP) is 0.160. The lowest BCUT2D eigenvalue weighted by molar-refractivity contribution is -0.133. The van der Waals surface area contributed by atoms with Crippen molar-refractivity contribution in [2.45, 2.75) is 18.6 Å². The number of aromatic nitrogens is 4. The van der Waals surface area contributed by atoms with E-state index in [0.29, 0.717) is 16.9 Å². The fraction of sp³-hybridized carbons (Fsp3) is 0.300. The van der Waals surface area contributed by atoms with Gasteiger partial charge in [0.05, 0.1) is 12.3 Å². The van der Waals surface area contributed by atoms with Crippen molar-refractivity contribution in [3.05, 3.63) is 34.3 Å². The lowest BCUT2D eigenvalue weighted by atomic mass is 10.5. The SMILES string of the molecule is Cc1nc(Cn2ccc(=O)nc2SCC(=O)O)no1. The van der Waals surface area contributed by atoms with Crippen LogP contribution in [0.5, 0.6) is 0 Å². The Balaban J connectivity index is 2.23. The van der Waals surface area contributed by atoms with Crippen LogP contribution < -0.4 is 5.56 Å². The van der Waals surface area contributed by atoms with Gasteiger partial charge in [-0.15, -0.1) is 0 Å². The van der Waals surface area contributed by atoms with Gasteiger partial charge in [0, 0.05) is 19.2 Å². The highest BCUT2D eigenvalue weighted by Gasteiger charge is 2.10. The molecule has 19 heavy (non-hydrogen) atoms. The van der Waals surface area contributed by atoms with E-state index in [2.05, 4.69) is 15.1 Å². The van der Waals surface area contributed by atoms with Gasteiger partial charge in [-0.1, -0.05) is 16.9 Å². The smallest absolute Gasteiger partial charge is 0.313 e. The van der Waals surface area contributed by atoms with Crippen LogP contribution in [-0.2, 0) is 11.3 Å². The lowest BCUT2D eigenvalue weighted by Gasteiger charge is -2.08. The molecule has 2 heterocycles. The topological polar surface area (TPSA) is 111 Å². The van der Waals surface area contributed by atoms with Crippen LogP contribution in [0.4, 0.5) is 0 Å². The quantitative estimate of drug-likeness (QED) is 0.609. The lowest BCUT2D eigenvalue weighted by Crippen LogP contribution is -2.15. The molecule has 2 rings (SSSR count). The molecule has 0 saturated heterocycles. The standard InChI is InChI=1S/C10H10N4O4S/c1-6-11-7(13-18-6)4-14-3-2-8(15)12-10(14)19-5-9(16)17/h2-3H,4-5H2,1H3,(H,16,17). The summed E-state index contributed by atoms with van der Waals surface area (Å²) in [6.07, 6.45) is 1.52. The van der Waals surface area contributed by atoms with E-state index in [1.54, 1.807) is 11.5 Å². The summed E-state index contributed by atoms with van der Waals surface area (Å²) in [6.45, 7) is 1.92. The predicted molar refractivity (Wildman–Crippen MR) is 65.0 cm³/mol. The van der Waals surface area contributed by atoms with Crippen molar-refractivity contribution in [3.63, 3.8) is 0 Å². The van der Waals surface area contributed by atoms with Crippen molar-refractivity contribution in [2.24, 2.45) is 0 Å². The second kappa shape index (κ2) is 5.65. The molecule has 0 aliphatic heterocycles. The van der Waals surface area contributed by atoms with Gasteiger partial charge < -0.3 is 14.2 Å². The Morgan fingerprint density at radius 3 is 2.95 bits per heavy atom. The van der Waals surface area contributed by atoms with Crippen LogP contribution in [0.25, 0.3) is 0 Å². The van der Waals surface area contributed by atoms with Crippen LogP contribution in [0.2, 0.25) is 0 Å². The first-order valence-corrected chi connectivity index (χ1v) is 6.24. The van der Waals surface area contributed by atoms with Crippen LogP contribution in [-0.4, -0.2) is 36.5 Å². The highest BCUT2D eigenvalue weighted by molar-refractivity contribution is 7.99. The van der Waals surface area contributed by atoms with E-state index in [4.69, 9.17) is 9.63 Å². The van der Waals surface area contributed by atoms with E-state index in [0.717, 1.165) is 11.8 Å². The van der Waals surface area contributed by atoms with Crippen molar-refractivity contribution < 1.29 is 14.4 Å². The summed E-state index contributed by atoms with van der Waals surface area (Å²) in [5, 5.41) is 12.7. The van der Waals surface area contributed by atoms with Gasteiger partial charge in [-0.25, -0.2) is 0 Å². The van der Waals surface area contributed by atoms with E-state index in [-0.39, 0.29) is 12.3 Å². The molecule has 9 heteroatoms. The summed E-state index contributed by atoms with van der Waals surface area (Å²) in [4.78, 5) is 29.6. The Bertz CT molecular complexity index is 651. The second-order valence-electron chi connectivity index (χ2n) is 3.59. The van der Waals surface area contributed by atoms with Gasteiger partial charge in [0.2, 0.25) is 5.89 Å². The molecular formula is C10H10N4O4S. The van der Waals surface area contributed by atoms with Crippen LogP contribution >= 0.6 is 11.8 Å². The number of carboxylic acids is 1. The van der Waals surface area contributed by atoms with Gasteiger partial charge >= 0.3 is 5.97 Å². The molecule has 0 bridgehead atoms. The van der Waals surface area contributed by atoms with Gasteiger partial charge in [-0.05, 0) is 0 Å². The summed E-state index contributed by atoms with van der Waals surface area (Å²) in [6, 6.07) is 1.29.